The van der Waals surface area contributed by atoms with Crippen LogP contribution in [0.5, 0.6) is 0 Å². The van der Waals surface area contributed by atoms with Crippen LogP contribution in [0.15, 0.2) is 39.0 Å². The summed E-state index contributed by atoms with van der Waals surface area (Å²) in [6, 6.07) is 7.56. The first-order valence-electron chi connectivity index (χ1n) is 8.61. The Morgan fingerprint density at radius 2 is 2.07 bits per heavy atom. The first-order valence-corrected chi connectivity index (χ1v) is 9.60. The number of thioether (sulfide) groups is 1. The Hall–Kier alpha value is -3.34. The third-order valence-corrected chi connectivity index (χ3v) is 5.24. The normalized spacial score (nSPS) is 11.5. The molecular formula is C17H17N7O3S. The Labute approximate surface area is 161 Å². The number of benzene rings is 1. The molecule has 0 fully saturated rings. The van der Waals surface area contributed by atoms with Gasteiger partial charge in [-0.1, -0.05) is 30.8 Å². The number of nitrogens with one attached hydrogen (secondary N) is 2. The standard InChI is InChI=1S/C17H17N7O3S/c1-2-7-23-13(18)12(14(26)20-16(23)27)11(25)8-28-17-22-21-15-19-9-5-3-4-6-10(9)24(15)17/h3-6H,2,7-8,18H2,1H3,(H,19,21)(H,20,26,27). The molecule has 0 aliphatic heterocycles. The number of anilines is 1. The van der Waals surface area contributed by atoms with Gasteiger partial charge in [-0.2, -0.15) is 0 Å². The SMILES string of the molecule is CCCn1c(N)c(C(=O)CSc2n[nH]c3nc4ccccc4n23)c(=O)[nH]c1=O. The molecule has 0 bridgehead atoms. The number of imidazole rings is 1. The zero-order valence-electron chi connectivity index (χ0n) is 14.9. The number of rotatable bonds is 6. The third kappa shape index (κ3) is 2.89. The number of carbonyl (C=O) groups excluding carboxylic acids is 1. The van der Waals surface area contributed by atoms with Crippen molar-refractivity contribution in [3.8, 4) is 0 Å². The number of Topliss-reactive ketones (excluding diaryl/α,β-unsaturated/α-hetero) is 1. The van der Waals surface area contributed by atoms with Crippen molar-refractivity contribution in [2.24, 2.45) is 0 Å². The molecule has 0 unspecified atom stereocenters. The molecule has 0 radical (unpaired) electrons. The van der Waals surface area contributed by atoms with Gasteiger partial charge in [0.15, 0.2) is 10.9 Å². The van der Waals surface area contributed by atoms with E-state index in [2.05, 4.69) is 20.2 Å². The molecule has 28 heavy (non-hydrogen) atoms. The van der Waals surface area contributed by atoms with Crippen LogP contribution in [-0.4, -0.2) is 40.7 Å². The minimum Gasteiger partial charge on any atom is -0.384 e. The van der Waals surface area contributed by atoms with Gasteiger partial charge in [0.25, 0.3) is 5.56 Å². The molecular weight excluding hydrogens is 382 g/mol. The molecule has 10 nitrogen and oxygen atoms in total. The van der Waals surface area contributed by atoms with Crippen molar-refractivity contribution in [1.29, 1.82) is 0 Å². The van der Waals surface area contributed by atoms with E-state index in [1.165, 1.54) is 4.57 Å². The fraction of sp³-hybridized carbons (Fsp3) is 0.235. The summed E-state index contributed by atoms with van der Waals surface area (Å²) in [5.41, 5.74) is 6.00. The summed E-state index contributed by atoms with van der Waals surface area (Å²) in [6.07, 6.45) is 0.636. The summed E-state index contributed by atoms with van der Waals surface area (Å²) in [6.45, 7) is 2.18. The molecule has 0 aliphatic rings. The van der Waals surface area contributed by atoms with Gasteiger partial charge < -0.3 is 5.73 Å². The molecule has 3 aromatic heterocycles. The Morgan fingerprint density at radius 3 is 2.86 bits per heavy atom. The van der Waals surface area contributed by atoms with Gasteiger partial charge in [-0.3, -0.25) is 23.5 Å². The summed E-state index contributed by atoms with van der Waals surface area (Å²) in [4.78, 5) is 43.3. The first kappa shape index (κ1) is 18.0. The van der Waals surface area contributed by atoms with E-state index in [-0.39, 0.29) is 17.1 Å². The van der Waals surface area contributed by atoms with Crippen LogP contribution in [0.2, 0.25) is 0 Å². The summed E-state index contributed by atoms with van der Waals surface area (Å²) in [5.74, 6) is -0.0926. The maximum atomic E-state index is 12.7. The molecule has 0 saturated heterocycles. The van der Waals surface area contributed by atoms with E-state index in [1.807, 2.05) is 31.2 Å². The number of nitrogens with zero attached hydrogens (tertiary/aromatic N) is 4. The average molecular weight is 399 g/mol. The predicted molar refractivity (Wildman–Crippen MR) is 106 cm³/mol. The molecule has 11 heteroatoms. The van der Waals surface area contributed by atoms with Crippen LogP contribution in [0.25, 0.3) is 16.8 Å². The fourth-order valence-electron chi connectivity index (χ4n) is 3.04. The molecule has 4 rings (SSSR count). The highest BCUT2D eigenvalue weighted by Crippen LogP contribution is 2.23. The number of fused-ring (bicyclic) bond motifs is 3. The number of aromatic nitrogens is 6. The molecule has 0 amide bonds. The van der Waals surface area contributed by atoms with Crippen LogP contribution in [0, 0.1) is 0 Å². The summed E-state index contributed by atoms with van der Waals surface area (Å²) < 4.78 is 3.01. The first-order chi connectivity index (χ1) is 13.5. The predicted octanol–water partition coefficient (Wildman–Crippen LogP) is 1.03. The van der Waals surface area contributed by atoms with Crippen LogP contribution in [0.4, 0.5) is 5.82 Å². The van der Waals surface area contributed by atoms with Crippen LogP contribution < -0.4 is 17.0 Å². The molecule has 4 N–H and O–H groups in total. The van der Waals surface area contributed by atoms with Gasteiger partial charge in [0, 0.05) is 6.54 Å². The number of aromatic amines is 2. The third-order valence-electron chi connectivity index (χ3n) is 4.30. The second-order valence-electron chi connectivity index (χ2n) is 6.15. The highest BCUT2D eigenvalue weighted by molar-refractivity contribution is 7.99. The van der Waals surface area contributed by atoms with Gasteiger partial charge in [0.2, 0.25) is 5.78 Å². The van der Waals surface area contributed by atoms with Crippen molar-refractivity contribution in [3.63, 3.8) is 0 Å². The number of ketones is 1. The molecule has 0 aliphatic carbocycles. The number of H-pyrrole nitrogens is 2. The lowest BCUT2D eigenvalue weighted by Gasteiger charge is -2.10. The lowest BCUT2D eigenvalue weighted by molar-refractivity contribution is 0.102. The highest BCUT2D eigenvalue weighted by Gasteiger charge is 2.21. The molecule has 4 aromatic rings. The molecule has 3 heterocycles. The maximum Gasteiger partial charge on any atom is 0.329 e. The number of hydrogen-bond acceptors (Lipinski definition) is 7. The van der Waals surface area contributed by atoms with Gasteiger partial charge >= 0.3 is 5.69 Å². The van der Waals surface area contributed by atoms with Gasteiger partial charge in [-0.05, 0) is 18.6 Å². The topological polar surface area (TPSA) is 144 Å². The van der Waals surface area contributed by atoms with Gasteiger partial charge in [-0.25, -0.2) is 14.9 Å². The van der Waals surface area contributed by atoms with E-state index >= 15 is 0 Å². The van der Waals surface area contributed by atoms with Gasteiger partial charge in [0.05, 0.1) is 16.8 Å². The van der Waals surface area contributed by atoms with E-state index in [4.69, 9.17) is 5.73 Å². The molecule has 0 spiro atoms. The number of nitrogen functional groups attached to an aromatic ring is 1. The monoisotopic (exact) mass is 399 g/mol. The van der Waals surface area contributed by atoms with Crippen LogP contribution in [0.1, 0.15) is 23.7 Å². The minimum absolute atomic E-state index is 0.0654. The average Bonchev–Trinajstić information content (AvgIpc) is 3.22. The van der Waals surface area contributed by atoms with Crippen molar-refractivity contribution in [2.45, 2.75) is 25.0 Å². The molecule has 144 valence electrons. The second kappa shape index (κ2) is 7.00. The van der Waals surface area contributed by atoms with Crippen molar-refractivity contribution < 1.29 is 4.79 Å². The smallest absolute Gasteiger partial charge is 0.329 e. The van der Waals surface area contributed by atoms with E-state index in [0.29, 0.717) is 23.9 Å². The van der Waals surface area contributed by atoms with E-state index in [0.717, 1.165) is 22.8 Å². The van der Waals surface area contributed by atoms with Crippen molar-refractivity contribution >= 4 is 40.2 Å². The Kier molecular flexibility index (Phi) is 4.51. The molecule has 1 aromatic carbocycles. The minimum atomic E-state index is -0.777. The number of para-hydroxylation sites is 2. The number of hydrogen-bond donors (Lipinski definition) is 3. The van der Waals surface area contributed by atoms with Crippen molar-refractivity contribution in [1.82, 2.24) is 29.1 Å². The Balaban J connectivity index is 1.65. The number of nitrogens with two attached hydrogens (primary N) is 1. The summed E-state index contributed by atoms with van der Waals surface area (Å²) in [7, 11) is 0. The largest absolute Gasteiger partial charge is 0.384 e. The lowest BCUT2D eigenvalue weighted by atomic mass is 10.2. The van der Waals surface area contributed by atoms with Crippen LogP contribution in [-0.2, 0) is 6.54 Å². The number of carbonyl (C=O) groups is 1. The summed E-state index contributed by atoms with van der Waals surface area (Å²) in [5, 5.41) is 7.56. The van der Waals surface area contributed by atoms with E-state index in [9.17, 15) is 14.4 Å². The van der Waals surface area contributed by atoms with Crippen LogP contribution >= 0.6 is 11.8 Å². The van der Waals surface area contributed by atoms with Crippen molar-refractivity contribution in [2.75, 3.05) is 11.5 Å². The zero-order chi connectivity index (χ0) is 19.8. The lowest BCUT2D eigenvalue weighted by Crippen LogP contribution is -2.36. The fourth-order valence-corrected chi connectivity index (χ4v) is 3.87. The molecule has 0 saturated carbocycles. The highest BCUT2D eigenvalue weighted by atomic mass is 32.2. The Morgan fingerprint density at radius 1 is 1.29 bits per heavy atom. The van der Waals surface area contributed by atoms with E-state index in [1.54, 1.807) is 4.40 Å². The van der Waals surface area contributed by atoms with Gasteiger partial charge in [-0.15, -0.1) is 5.10 Å². The maximum absolute atomic E-state index is 12.7. The molecule has 0 atom stereocenters. The van der Waals surface area contributed by atoms with E-state index < -0.39 is 17.0 Å². The summed E-state index contributed by atoms with van der Waals surface area (Å²) >= 11 is 1.16. The Bertz CT molecular complexity index is 1310. The quantitative estimate of drug-likeness (QED) is 0.324. The van der Waals surface area contributed by atoms with Gasteiger partial charge in [0.1, 0.15) is 11.4 Å². The second-order valence-corrected chi connectivity index (χ2v) is 7.09. The van der Waals surface area contributed by atoms with Crippen LogP contribution in [0.3, 0.4) is 0 Å². The zero-order valence-corrected chi connectivity index (χ0v) is 15.7. The van der Waals surface area contributed by atoms with Crippen molar-refractivity contribution in [3.05, 3.63) is 50.7 Å².